The molecule has 1 N–H and O–H groups in total. The molecule has 0 aliphatic rings. The average molecular weight is 237 g/mol. The highest BCUT2D eigenvalue weighted by Gasteiger charge is 2.05. The molecule has 0 spiro atoms. The summed E-state index contributed by atoms with van der Waals surface area (Å²) >= 11 is 0. The van der Waals surface area contributed by atoms with Crippen LogP contribution in [0.1, 0.15) is 34.1 Å². The summed E-state index contributed by atoms with van der Waals surface area (Å²) in [5.74, 6) is 0. The minimum Gasteiger partial charge on any atom is -0.379 e. The highest BCUT2D eigenvalue weighted by atomic mass is 28.3. The summed E-state index contributed by atoms with van der Waals surface area (Å²) in [5, 5.41) is 3.37. The second-order valence-corrected chi connectivity index (χ2v) is 6.16. The molecule has 0 aromatic heterocycles. The van der Waals surface area contributed by atoms with Gasteiger partial charge in [-0.3, -0.25) is 0 Å². The fourth-order valence-corrected chi connectivity index (χ4v) is 1.37. The molecule has 5 heteroatoms. The molecule has 94 valence electrons. The van der Waals surface area contributed by atoms with Gasteiger partial charge in [-0.1, -0.05) is 6.92 Å². The van der Waals surface area contributed by atoms with Crippen molar-refractivity contribution in [3.63, 3.8) is 0 Å². The van der Waals surface area contributed by atoms with Crippen molar-refractivity contribution in [3.8, 4) is 0 Å². The van der Waals surface area contributed by atoms with Crippen LogP contribution in [0.3, 0.4) is 0 Å². The fourth-order valence-electron chi connectivity index (χ4n) is 0.789. The van der Waals surface area contributed by atoms with E-state index in [2.05, 4.69) is 33.0 Å². The van der Waals surface area contributed by atoms with Crippen LogP contribution in [0.5, 0.6) is 0 Å². The molecule has 15 heavy (non-hydrogen) atoms. The largest absolute Gasteiger partial charge is 0.483 e. The summed E-state index contributed by atoms with van der Waals surface area (Å²) in [6, 6.07) is 0. The van der Waals surface area contributed by atoms with Crippen LogP contribution in [-0.4, -0.2) is 42.9 Å². The maximum absolute atomic E-state index is 4.74. The first kappa shape index (κ1) is 17.5. The summed E-state index contributed by atoms with van der Waals surface area (Å²) in [6.45, 7) is 9.86. The van der Waals surface area contributed by atoms with Crippen LogP contribution in [0, 0.1) is 0 Å². The molecule has 0 fully saturated rings. The smallest absolute Gasteiger partial charge is 0.379 e. The lowest BCUT2D eigenvalue weighted by atomic mass is 10.1. The first-order valence-electron chi connectivity index (χ1n) is 5.24. The van der Waals surface area contributed by atoms with Crippen LogP contribution >= 0.6 is 0 Å². The molecule has 0 amide bonds. The van der Waals surface area contributed by atoms with E-state index in [1.807, 2.05) is 0 Å². The van der Waals surface area contributed by atoms with Gasteiger partial charge in [0.1, 0.15) is 0 Å². The standard InChI is InChI=1S/C7H17N.C3H10O3Si/c1-5-6-8-7(2,3)4;1-4-7(5-2)6-3/h8H,5-6H2,1-4H3;7H,1-3H3. The highest BCUT2D eigenvalue weighted by molar-refractivity contribution is 6.36. The van der Waals surface area contributed by atoms with E-state index in [0.29, 0.717) is 5.54 Å². The predicted octanol–water partition coefficient (Wildman–Crippen LogP) is 1.43. The van der Waals surface area contributed by atoms with Crippen molar-refractivity contribution in [2.75, 3.05) is 27.9 Å². The third-order valence-corrected chi connectivity index (χ3v) is 2.64. The van der Waals surface area contributed by atoms with E-state index in [0.717, 1.165) is 6.54 Å². The monoisotopic (exact) mass is 237 g/mol. The topological polar surface area (TPSA) is 39.7 Å². The molecule has 0 saturated carbocycles. The van der Waals surface area contributed by atoms with E-state index in [9.17, 15) is 0 Å². The summed E-state index contributed by atoms with van der Waals surface area (Å²) in [4.78, 5) is 0. The minimum absolute atomic E-state index is 0.302. The molecule has 0 unspecified atom stereocenters. The SMILES string of the molecule is CCCNC(C)(C)C.CO[SiH](OC)OC. The summed E-state index contributed by atoms with van der Waals surface area (Å²) in [7, 11) is 3.05. The van der Waals surface area contributed by atoms with Gasteiger partial charge in [-0.15, -0.1) is 0 Å². The van der Waals surface area contributed by atoms with Crippen LogP contribution in [0.25, 0.3) is 0 Å². The van der Waals surface area contributed by atoms with E-state index in [-0.39, 0.29) is 0 Å². The Hall–Kier alpha value is 0.0569. The Morgan fingerprint density at radius 2 is 1.40 bits per heavy atom. The normalized spacial score (nSPS) is 11.2. The molecule has 0 rings (SSSR count). The molecule has 0 aromatic carbocycles. The highest BCUT2D eigenvalue weighted by Crippen LogP contribution is 1.96. The minimum atomic E-state index is -1.67. The van der Waals surface area contributed by atoms with Crippen LogP contribution < -0.4 is 5.32 Å². The van der Waals surface area contributed by atoms with Crippen molar-refractivity contribution in [1.29, 1.82) is 0 Å². The van der Waals surface area contributed by atoms with E-state index in [1.165, 1.54) is 6.42 Å². The first-order chi connectivity index (χ1) is 6.91. The molecule has 0 bridgehead atoms. The van der Waals surface area contributed by atoms with Crippen LogP contribution in [0.2, 0.25) is 0 Å². The summed E-state index contributed by atoms with van der Waals surface area (Å²) in [6.07, 6.45) is 1.22. The molecule has 0 radical (unpaired) electrons. The summed E-state index contributed by atoms with van der Waals surface area (Å²) in [5.41, 5.74) is 0.302. The van der Waals surface area contributed by atoms with Gasteiger partial charge in [0.25, 0.3) is 0 Å². The van der Waals surface area contributed by atoms with Gasteiger partial charge in [0.2, 0.25) is 0 Å². The van der Waals surface area contributed by atoms with E-state index in [1.54, 1.807) is 21.3 Å². The zero-order valence-corrected chi connectivity index (χ0v) is 12.4. The molecule has 0 atom stereocenters. The Kier molecular flexibility index (Phi) is 12.3. The van der Waals surface area contributed by atoms with Gasteiger partial charge in [-0.25, -0.2) is 0 Å². The lowest BCUT2D eigenvalue weighted by Crippen LogP contribution is -2.36. The number of hydrogen-bond donors (Lipinski definition) is 1. The first-order valence-corrected chi connectivity index (χ1v) is 6.66. The van der Waals surface area contributed by atoms with Gasteiger partial charge in [-0.05, 0) is 33.7 Å². The van der Waals surface area contributed by atoms with E-state index >= 15 is 0 Å². The maximum atomic E-state index is 4.74. The van der Waals surface area contributed by atoms with Crippen molar-refractivity contribution in [2.45, 2.75) is 39.7 Å². The molecule has 0 heterocycles. The third-order valence-electron chi connectivity index (χ3n) is 1.48. The van der Waals surface area contributed by atoms with E-state index in [4.69, 9.17) is 13.3 Å². The Balaban J connectivity index is 0. The molecular weight excluding hydrogens is 210 g/mol. The average Bonchev–Trinajstić information content (AvgIpc) is 2.17. The maximum Gasteiger partial charge on any atom is 0.483 e. The van der Waals surface area contributed by atoms with Gasteiger partial charge in [-0.2, -0.15) is 0 Å². The number of hydrogen-bond acceptors (Lipinski definition) is 4. The predicted molar refractivity (Wildman–Crippen MR) is 66.2 cm³/mol. The third kappa shape index (κ3) is 16.7. The van der Waals surface area contributed by atoms with Gasteiger partial charge in [0, 0.05) is 26.9 Å². The zero-order valence-electron chi connectivity index (χ0n) is 11.2. The van der Waals surface area contributed by atoms with Gasteiger partial charge in [0.15, 0.2) is 0 Å². The Morgan fingerprint density at radius 1 is 1.00 bits per heavy atom. The quantitative estimate of drug-likeness (QED) is 0.734. The van der Waals surface area contributed by atoms with Gasteiger partial charge in [0.05, 0.1) is 0 Å². The Bertz CT molecular complexity index is 119. The van der Waals surface area contributed by atoms with Crippen molar-refractivity contribution >= 4 is 9.53 Å². The van der Waals surface area contributed by atoms with Crippen molar-refractivity contribution in [3.05, 3.63) is 0 Å². The fraction of sp³-hybridized carbons (Fsp3) is 1.00. The van der Waals surface area contributed by atoms with Crippen molar-refractivity contribution in [2.24, 2.45) is 0 Å². The van der Waals surface area contributed by atoms with Crippen LogP contribution in [-0.2, 0) is 13.3 Å². The van der Waals surface area contributed by atoms with Crippen molar-refractivity contribution < 1.29 is 13.3 Å². The van der Waals surface area contributed by atoms with Crippen LogP contribution in [0.15, 0.2) is 0 Å². The second kappa shape index (κ2) is 10.6. The van der Waals surface area contributed by atoms with Gasteiger partial charge < -0.3 is 18.6 Å². The molecule has 4 nitrogen and oxygen atoms in total. The molecule has 0 saturated heterocycles. The Morgan fingerprint density at radius 3 is 1.47 bits per heavy atom. The van der Waals surface area contributed by atoms with Gasteiger partial charge >= 0.3 is 9.53 Å². The molecule has 0 aromatic rings. The lowest BCUT2D eigenvalue weighted by Gasteiger charge is -2.19. The van der Waals surface area contributed by atoms with Crippen LogP contribution in [0.4, 0.5) is 0 Å². The van der Waals surface area contributed by atoms with Crippen molar-refractivity contribution in [1.82, 2.24) is 5.32 Å². The Labute approximate surface area is 96.3 Å². The summed E-state index contributed by atoms with van der Waals surface area (Å²) < 4.78 is 14.2. The molecule has 0 aliphatic heterocycles. The van der Waals surface area contributed by atoms with E-state index < -0.39 is 9.53 Å². The molecular formula is C10H27NO3Si. The lowest BCUT2D eigenvalue weighted by molar-refractivity contribution is 0.163. The number of rotatable bonds is 5. The second-order valence-electron chi connectivity index (χ2n) is 4.17. The molecule has 0 aliphatic carbocycles. The zero-order chi connectivity index (χ0) is 12.3. The number of nitrogens with one attached hydrogen (secondary N) is 1.